The van der Waals surface area contributed by atoms with Crippen molar-refractivity contribution in [1.29, 1.82) is 0 Å². The largest absolute Gasteiger partial charge is 0.496 e. The number of rotatable bonds is 2. The molecule has 0 bridgehead atoms. The van der Waals surface area contributed by atoms with Gasteiger partial charge in [0.2, 0.25) is 0 Å². The third-order valence-electron chi connectivity index (χ3n) is 3.50. The molecule has 21 heavy (non-hydrogen) atoms. The zero-order chi connectivity index (χ0) is 15.0. The Labute approximate surface area is 127 Å². The van der Waals surface area contributed by atoms with Crippen LogP contribution in [0.2, 0.25) is 5.02 Å². The molecule has 108 valence electrons. The molecule has 2 aromatic carbocycles. The molecular formula is C16H14ClNO3. The Morgan fingerprint density at radius 1 is 1.33 bits per heavy atom. The van der Waals surface area contributed by atoms with Crippen molar-refractivity contribution in [2.45, 2.75) is 12.5 Å². The van der Waals surface area contributed by atoms with Crippen LogP contribution in [-0.2, 0) is 0 Å². The zero-order valence-corrected chi connectivity index (χ0v) is 12.2. The summed E-state index contributed by atoms with van der Waals surface area (Å²) < 4.78 is 11.3. The monoisotopic (exact) mass is 303 g/mol. The molecule has 0 saturated heterocycles. The summed E-state index contributed by atoms with van der Waals surface area (Å²) in [5, 5.41) is 0.430. The maximum atomic E-state index is 12.3. The first-order chi connectivity index (χ1) is 10.1. The van der Waals surface area contributed by atoms with Crippen LogP contribution in [0.1, 0.15) is 28.4 Å². The molecule has 0 aliphatic carbocycles. The van der Waals surface area contributed by atoms with E-state index in [1.165, 1.54) is 0 Å². The Balaban J connectivity index is 2.04. The van der Waals surface area contributed by atoms with Crippen LogP contribution in [0.4, 0.5) is 5.69 Å². The number of methoxy groups -OCH3 is 1. The third-order valence-corrected chi connectivity index (χ3v) is 3.72. The van der Waals surface area contributed by atoms with Crippen molar-refractivity contribution < 1.29 is 14.3 Å². The molecule has 2 aromatic rings. The number of carbonyl (C=O) groups is 1. The van der Waals surface area contributed by atoms with Gasteiger partial charge in [-0.3, -0.25) is 4.79 Å². The lowest BCUT2D eigenvalue weighted by atomic mass is 9.95. The highest BCUT2D eigenvalue weighted by Gasteiger charge is 2.31. The summed E-state index contributed by atoms with van der Waals surface area (Å²) in [5.74, 6) is 1.04. The molecule has 2 N–H and O–H groups in total. The first-order valence-electron chi connectivity index (χ1n) is 6.52. The molecule has 1 aliphatic heterocycles. The number of benzene rings is 2. The molecular weight excluding hydrogens is 290 g/mol. The molecule has 0 spiro atoms. The van der Waals surface area contributed by atoms with Crippen LogP contribution in [0.25, 0.3) is 0 Å². The predicted octanol–water partition coefficient (Wildman–Crippen LogP) is 3.64. The average molecular weight is 304 g/mol. The van der Waals surface area contributed by atoms with E-state index >= 15 is 0 Å². The van der Waals surface area contributed by atoms with E-state index in [0.717, 1.165) is 5.56 Å². The summed E-state index contributed by atoms with van der Waals surface area (Å²) in [6, 6.07) is 10.6. The normalized spacial score (nSPS) is 17.0. The first kappa shape index (κ1) is 13.8. The molecule has 5 heteroatoms. The van der Waals surface area contributed by atoms with Gasteiger partial charge in [-0.05, 0) is 18.2 Å². The summed E-state index contributed by atoms with van der Waals surface area (Å²) in [6.45, 7) is 0. The van der Waals surface area contributed by atoms with Gasteiger partial charge in [0.15, 0.2) is 11.5 Å². The Morgan fingerprint density at radius 3 is 2.86 bits per heavy atom. The average Bonchev–Trinajstić information content (AvgIpc) is 2.48. The number of nitrogen functional groups attached to an aromatic ring is 1. The fourth-order valence-corrected chi connectivity index (χ4v) is 2.75. The first-order valence-corrected chi connectivity index (χ1v) is 6.89. The molecule has 0 amide bonds. The van der Waals surface area contributed by atoms with E-state index in [2.05, 4.69) is 0 Å². The number of halogens is 1. The summed E-state index contributed by atoms with van der Waals surface area (Å²) in [5.41, 5.74) is 7.55. The van der Waals surface area contributed by atoms with Crippen molar-refractivity contribution in [2.75, 3.05) is 12.8 Å². The van der Waals surface area contributed by atoms with Crippen molar-refractivity contribution in [1.82, 2.24) is 0 Å². The summed E-state index contributed by atoms with van der Waals surface area (Å²) >= 11 is 5.94. The number of ether oxygens (including phenoxy) is 2. The molecule has 1 aliphatic rings. The second-order valence-electron chi connectivity index (χ2n) is 4.85. The van der Waals surface area contributed by atoms with Crippen molar-refractivity contribution in [3.05, 3.63) is 52.5 Å². The van der Waals surface area contributed by atoms with E-state index < -0.39 is 6.10 Å². The Kier molecular flexibility index (Phi) is 3.47. The molecule has 1 heterocycles. The summed E-state index contributed by atoms with van der Waals surface area (Å²) in [6.07, 6.45) is -0.183. The van der Waals surface area contributed by atoms with Crippen molar-refractivity contribution in [3.63, 3.8) is 0 Å². The van der Waals surface area contributed by atoms with Gasteiger partial charge in [-0.2, -0.15) is 0 Å². The van der Waals surface area contributed by atoms with Crippen LogP contribution in [0, 0.1) is 0 Å². The minimum atomic E-state index is -0.412. The second-order valence-corrected chi connectivity index (χ2v) is 5.28. The lowest BCUT2D eigenvalue weighted by Crippen LogP contribution is -2.21. The topological polar surface area (TPSA) is 61.5 Å². The summed E-state index contributed by atoms with van der Waals surface area (Å²) in [7, 11) is 1.59. The Morgan fingerprint density at radius 2 is 2.10 bits per heavy atom. The smallest absolute Gasteiger partial charge is 0.170 e. The Bertz CT molecular complexity index is 715. The van der Waals surface area contributed by atoms with E-state index in [0.29, 0.717) is 27.8 Å². The zero-order valence-electron chi connectivity index (χ0n) is 11.4. The number of para-hydroxylation sites is 1. The van der Waals surface area contributed by atoms with E-state index in [1.54, 1.807) is 19.2 Å². The van der Waals surface area contributed by atoms with Crippen LogP contribution in [0.3, 0.4) is 0 Å². The minimum Gasteiger partial charge on any atom is -0.496 e. The van der Waals surface area contributed by atoms with Crippen molar-refractivity contribution >= 4 is 23.1 Å². The lowest BCUT2D eigenvalue weighted by molar-refractivity contribution is 0.0848. The summed E-state index contributed by atoms with van der Waals surface area (Å²) in [4.78, 5) is 12.3. The number of carbonyl (C=O) groups excluding carboxylic acids is 1. The van der Waals surface area contributed by atoms with Gasteiger partial charge in [0.05, 0.1) is 24.8 Å². The number of Topliss-reactive ketones (excluding diaryl/α,β-unsaturated/α-hetero) is 1. The fraction of sp³-hybridized carbons (Fsp3) is 0.188. The van der Waals surface area contributed by atoms with Gasteiger partial charge >= 0.3 is 0 Å². The SMILES string of the molecule is COc1ccccc1C1CC(=O)c2cc(Cl)cc(N)c2O1. The molecule has 3 rings (SSSR count). The van der Waals surface area contributed by atoms with Gasteiger partial charge in [0.25, 0.3) is 0 Å². The van der Waals surface area contributed by atoms with E-state index in [1.807, 2.05) is 24.3 Å². The molecule has 0 fully saturated rings. The van der Waals surface area contributed by atoms with Gasteiger partial charge in [-0.1, -0.05) is 29.8 Å². The van der Waals surface area contributed by atoms with Gasteiger partial charge in [-0.15, -0.1) is 0 Å². The van der Waals surface area contributed by atoms with Gasteiger partial charge in [0.1, 0.15) is 11.9 Å². The number of hydrogen-bond donors (Lipinski definition) is 1. The minimum absolute atomic E-state index is 0.0404. The van der Waals surface area contributed by atoms with Crippen LogP contribution in [-0.4, -0.2) is 12.9 Å². The van der Waals surface area contributed by atoms with Crippen LogP contribution >= 0.6 is 11.6 Å². The molecule has 4 nitrogen and oxygen atoms in total. The number of anilines is 1. The molecule has 1 unspecified atom stereocenters. The van der Waals surface area contributed by atoms with Crippen LogP contribution < -0.4 is 15.2 Å². The molecule has 0 saturated carbocycles. The van der Waals surface area contributed by atoms with Gasteiger partial charge < -0.3 is 15.2 Å². The third kappa shape index (κ3) is 2.43. The number of ketones is 1. The number of hydrogen-bond acceptors (Lipinski definition) is 4. The standard InChI is InChI=1S/C16H14ClNO3/c1-20-14-5-3-2-4-10(14)15-8-13(19)11-6-9(17)7-12(18)16(11)21-15/h2-7,15H,8,18H2,1H3. The maximum Gasteiger partial charge on any atom is 0.170 e. The predicted molar refractivity (Wildman–Crippen MR) is 81.2 cm³/mol. The van der Waals surface area contributed by atoms with Crippen molar-refractivity contribution in [3.8, 4) is 11.5 Å². The molecule has 1 atom stereocenters. The van der Waals surface area contributed by atoms with E-state index in [4.69, 9.17) is 26.8 Å². The maximum absolute atomic E-state index is 12.3. The highest BCUT2D eigenvalue weighted by Crippen LogP contribution is 2.42. The molecule has 0 radical (unpaired) electrons. The highest BCUT2D eigenvalue weighted by atomic mass is 35.5. The Hall–Kier alpha value is -2.20. The van der Waals surface area contributed by atoms with E-state index in [9.17, 15) is 4.79 Å². The second kappa shape index (κ2) is 5.30. The van der Waals surface area contributed by atoms with Crippen LogP contribution in [0.5, 0.6) is 11.5 Å². The molecule has 0 aromatic heterocycles. The van der Waals surface area contributed by atoms with Gasteiger partial charge in [-0.25, -0.2) is 0 Å². The lowest BCUT2D eigenvalue weighted by Gasteiger charge is -2.27. The van der Waals surface area contributed by atoms with Crippen molar-refractivity contribution in [2.24, 2.45) is 0 Å². The number of nitrogens with two attached hydrogens (primary N) is 1. The van der Waals surface area contributed by atoms with E-state index in [-0.39, 0.29) is 12.2 Å². The van der Waals surface area contributed by atoms with Gasteiger partial charge in [0, 0.05) is 10.6 Å². The highest BCUT2D eigenvalue weighted by molar-refractivity contribution is 6.31. The number of fused-ring (bicyclic) bond motifs is 1. The fourth-order valence-electron chi connectivity index (χ4n) is 2.52. The quantitative estimate of drug-likeness (QED) is 0.860. The van der Waals surface area contributed by atoms with Crippen LogP contribution in [0.15, 0.2) is 36.4 Å².